The van der Waals surface area contributed by atoms with Gasteiger partial charge in [-0.1, -0.05) is 66.1 Å². The van der Waals surface area contributed by atoms with E-state index in [1.807, 2.05) is 13.0 Å². The summed E-state index contributed by atoms with van der Waals surface area (Å²) in [6, 6.07) is 4.69. The molecular formula is C18H17Cl2NO5S. The quantitative estimate of drug-likeness (QED) is 0.717. The molecule has 1 aliphatic heterocycles. The number of nitrogens with two attached hydrogens (primary N) is 1. The third-order valence-corrected chi connectivity index (χ3v) is 6.10. The Morgan fingerprint density at radius 3 is 2.78 bits per heavy atom. The molecule has 1 aromatic carbocycles. The Balaban J connectivity index is 1.78. The van der Waals surface area contributed by atoms with Crippen LogP contribution in [0.1, 0.15) is 25.0 Å². The van der Waals surface area contributed by atoms with Gasteiger partial charge < -0.3 is 14.7 Å². The molecule has 0 spiro atoms. The van der Waals surface area contributed by atoms with Crippen LogP contribution in [-0.2, 0) is 23.8 Å². The first kappa shape index (κ1) is 19.8. The second-order valence-electron chi connectivity index (χ2n) is 6.38. The zero-order valence-corrected chi connectivity index (χ0v) is 16.6. The number of Topliss-reactive ketones (excluding diaryl/α,β-unsaturated/α-hetero) is 1. The highest BCUT2D eigenvalue weighted by atomic mass is 35.5. The zero-order chi connectivity index (χ0) is 19.8. The number of ketones is 1. The maximum absolute atomic E-state index is 12.6. The number of ether oxygens (including phenoxy) is 1. The summed E-state index contributed by atoms with van der Waals surface area (Å²) in [5.41, 5.74) is 6.66. The number of hydrogen-bond donors (Lipinski definition) is 1. The van der Waals surface area contributed by atoms with Crippen LogP contribution in [0.5, 0.6) is 0 Å². The first-order valence-corrected chi connectivity index (χ1v) is 10.4. The number of halogens is 2. The van der Waals surface area contributed by atoms with Crippen LogP contribution in [0.3, 0.4) is 0 Å². The molecular weight excluding hydrogens is 413 g/mol. The molecule has 0 radical (unpaired) electrons. The lowest BCUT2D eigenvalue weighted by Gasteiger charge is -2.15. The molecule has 1 aromatic rings. The van der Waals surface area contributed by atoms with Crippen molar-refractivity contribution >= 4 is 39.1 Å². The number of benzene rings is 1. The highest BCUT2D eigenvalue weighted by Crippen LogP contribution is 2.38. The Hall–Kier alpha value is -1.96. The van der Waals surface area contributed by atoms with Gasteiger partial charge in [0.25, 0.3) is 0 Å². The van der Waals surface area contributed by atoms with E-state index in [1.165, 1.54) is 0 Å². The summed E-state index contributed by atoms with van der Waals surface area (Å²) in [7, 11) is -4.08. The Kier molecular flexibility index (Phi) is 5.55. The van der Waals surface area contributed by atoms with E-state index in [9.17, 15) is 13.2 Å². The summed E-state index contributed by atoms with van der Waals surface area (Å²) in [5.74, 6) is -1.79. The molecule has 9 heteroatoms. The Bertz CT molecular complexity index is 981. The lowest BCUT2D eigenvalue weighted by molar-refractivity contribution is -0.123. The van der Waals surface area contributed by atoms with Crippen molar-refractivity contribution in [3.63, 3.8) is 0 Å². The standard InChI is InChI=1S/C18H17Cl2NO5S/c1-10-4-2-5-11(8-10)9-27(23,24)26-17-15(22)16(25-18(17)21)12-6-3-7-13(19)14(12)20/h2-7,10,16H,8-9,21H2,1H3. The number of carbonyl (C=O) groups is 1. The lowest BCUT2D eigenvalue weighted by Crippen LogP contribution is -2.19. The van der Waals surface area contributed by atoms with Gasteiger partial charge in [-0.25, -0.2) is 0 Å². The van der Waals surface area contributed by atoms with Crippen LogP contribution in [0, 0.1) is 5.92 Å². The molecule has 6 nitrogen and oxygen atoms in total. The van der Waals surface area contributed by atoms with Gasteiger partial charge >= 0.3 is 10.1 Å². The minimum absolute atomic E-state index is 0.127. The van der Waals surface area contributed by atoms with Gasteiger partial charge in [0, 0.05) is 5.56 Å². The first-order chi connectivity index (χ1) is 12.7. The molecule has 0 bridgehead atoms. The minimum Gasteiger partial charge on any atom is -0.460 e. The third kappa shape index (κ3) is 4.31. The fourth-order valence-corrected chi connectivity index (χ4v) is 4.46. The summed E-state index contributed by atoms with van der Waals surface area (Å²) in [6.07, 6.45) is 4.89. The van der Waals surface area contributed by atoms with Crippen molar-refractivity contribution in [3.8, 4) is 0 Å². The second-order valence-corrected chi connectivity index (χ2v) is 8.73. The largest absolute Gasteiger partial charge is 0.460 e. The molecule has 2 atom stereocenters. The van der Waals surface area contributed by atoms with E-state index in [4.69, 9.17) is 37.9 Å². The van der Waals surface area contributed by atoms with Gasteiger partial charge in [0.15, 0.2) is 6.10 Å². The van der Waals surface area contributed by atoms with Crippen LogP contribution in [0.2, 0.25) is 10.0 Å². The van der Waals surface area contributed by atoms with Crippen molar-refractivity contribution in [1.29, 1.82) is 0 Å². The monoisotopic (exact) mass is 429 g/mol. The van der Waals surface area contributed by atoms with Gasteiger partial charge in [-0.05, 0) is 18.4 Å². The zero-order valence-electron chi connectivity index (χ0n) is 14.3. The Morgan fingerprint density at radius 2 is 2.07 bits per heavy atom. The molecule has 27 heavy (non-hydrogen) atoms. The molecule has 0 saturated carbocycles. The van der Waals surface area contributed by atoms with E-state index < -0.39 is 33.6 Å². The smallest absolute Gasteiger partial charge is 0.313 e. The Labute approximate surface area is 167 Å². The predicted molar refractivity (Wildman–Crippen MR) is 102 cm³/mol. The fraction of sp³-hybridized carbons (Fsp3) is 0.278. The molecule has 1 aliphatic carbocycles. The van der Waals surface area contributed by atoms with Crippen molar-refractivity contribution in [2.45, 2.75) is 19.4 Å². The molecule has 2 aliphatic rings. The summed E-state index contributed by atoms with van der Waals surface area (Å²) in [5, 5.41) is 0.361. The van der Waals surface area contributed by atoms with E-state index in [0.29, 0.717) is 12.0 Å². The van der Waals surface area contributed by atoms with E-state index in [0.717, 1.165) is 0 Å². The maximum Gasteiger partial charge on any atom is 0.313 e. The minimum atomic E-state index is -4.08. The number of allylic oxidation sites excluding steroid dienone is 3. The highest BCUT2D eigenvalue weighted by Gasteiger charge is 2.40. The number of carbonyl (C=O) groups excluding carboxylic acids is 1. The van der Waals surface area contributed by atoms with Gasteiger partial charge in [0.2, 0.25) is 17.4 Å². The van der Waals surface area contributed by atoms with Crippen LogP contribution < -0.4 is 5.73 Å². The average Bonchev–Trinajstić information content (AvgIpc) is 2.84. The van der Waals surface area contributed by atoms with E-state index in [1.54, 1.807) is 30.4 Å². The van der Waals surface area contributed by atoms with Gasteiger partial charge in [-0.2, -0.15) is 8.42 Å². The normalized spacial score (nSPS) is 22.6. The van der Waals surface area contributed by atoms with Crippen molar-refractivity contribution in [2.24, 2.45) is 11.7 Å². The summed E-state index contributed by atoms with van der Waals surface area (Å²) < 4.78 is 35.1. The van der Waals surface area contributed by atoms with Crippen LogP contribution in [0.15, 0.2) is 53.6 Å². The molecule has 144 valence electrons. The molecule has 0 saturated heterocycles. The van der Waals surface area contributed by atoms with Crippen molar-refractivity contribution in [1.82, 2.24) is 0 Å². The molecule has 2 N–H and O–H groups in total. The van der Waals surface area contributed by atoms with Gasteiger partial charge in [-0.3, -0.25) is 4.79 Å². The average molecular weight is 430 g/mol. The second kappa shape index (κ2) is 7.58. The molecule has 2 unspecified atom stereocenters. The Morgan fingerprint density at radius 1 is 1.33 bits per heavy atom. The number of hydrogen-bond acceptors (Lipinski definition) is 6. The van der Waals surface area contributed by atoms with Crippen molar-refractivity contribution in [3.05, 3.63) is 69.3 Å². The van der Waals surface area contributed by atoms with E-state index >= 15 is 0 Å². The topological polar surface area (TPSA) is 95.7 Å². The molecule has 0 aromatic heterocycles. The van der Waals surface area contributed by atoms with Crippen molar-refractivity contribution < 1.29 is 22.1 Å². The molecule has 0 amide bonds. The molecule has 3 rings (SSSR count). The predicted octanol–water partition coefficient (Wildman–Crippen LogP) is 3.63. The third-order valence-electron chi connectivity index (χ3n) is 4.12. The molecule has 1 heterocycles. The number of rotatable bonds is 5. The maximum atomic E-state index is 12.6. The fourth-order valence-electron chi connectivity index (χ4n) is 2.91. The van der Waals surface area contributed by atoms with Crippen molar-refractivity contribution in [2.75, 3.05) is 5.75 Å². The summed E-state index contributed by atoms with van der Waals surface area (Å²) in [4.78, 5) is 12.6. The van der Waals surface area contributed by atoms with Crippen LogP contribution in [0.25, 0.3) is 0 Å². The van der Waals surface area contributed by atoms with Gasteiger partial charge in [0.05, 0.1) is 10.0 Å². The van der Waals surface area contributed by atoms with Gasteiger partial charge in [0.1, 0.15) is 5.75 Å². The van der Waals surface area contributed by atoms with E-state index in [-0.39, 0.29) is 27.3 Å². The van der Waals surface area contributed by atoms with E-state index in [2.05, 4.69) is 0 Å². The van der Waals surface area contributed by atoms with Gasteiger partial charge in [-0.15, -0.1) is 0 Å². The van der Waals surface area contributed by atoms with Crippen LogP contribution >= 0.6 is 23.2 Å². The SMILES string of the molecule is CC1C=CC=C(CS(=O)(=O)OC2=C(N)OC(c3cccc(Cl)c3Cl)C2=O)C1. The summed E-state index contributed by atoms with van der Waals surface area (Å²) in [6.45, 7) is 1.98. The lowest BCUT2D eigenvalue weighted by atomic mass is 9.97. The van der Waals surface area contributed by atoms with Crippen LogP contribution in [0.4, 0.5) is 0 Å². The summed E-state index contributed by atoms with van der Waals surface area (Å²) >= 11 is 12.1. The first-order valence-electron chi connectivity index (χ1n) is 8.11. The molecule has 0 fully saturated rings. The highest BCUT2D eigenvalue weighted by molar-refractivity contribution is 7.87. The van der Waals surface area contributed by atoms with Crippen LogP contribution in [-0.4, -0.2) is 20.0 Å².